The summed E-state index contributed by atoms with van der Waals surface area (Å²) in [6.07, 6.45) is 1.75. The normalized spacial score (nSPS) is 13.0. The number of nitrogens with one attached hydrogen (secondary N) is 2. The van der Waals surface area contributed by atoms with Crippen molar-refractivity contribution in [1.29, 1.82) is 0 Å². The second kappa shape index (κ2) is 7.42. The van der Waals surface area contributed by atoms with Crippen LogP contribution in [-0.4, -0.2) is 27.1 Å². The minimum Gasteiger partial charge on any atom is -0.330 e. The van der Waals surface area contributed by atoms with E-state index in [4.69, 9.17) is 5.73 Å². The molecule has 0 aliphatic heterocycles. The average molecular weight is 313 g/mol. The number of para-hydroxylation sites is 2. The summed E-state index contributed by atoms with van der Waals surface area (Å²) in [7, 11) is -3.41. The van der Waals surface area contributed by atoms with Gasteiger partial charge >= 0.3 is 0 Å². The van der Waals surface area contributed by atoms with Crippen LogP contribution in [0.25, 0.3) is 0 Å². The maximum Gasteiger partial charge on any atom is 0.229 e. The van der Waals surface area contributed by atoms with Crippen molar-refractivity contribution >= 4 is 27.3 Å². The Labute approximate surface area is 126 Å². The Morgan fingerprint density at radius 3 is 2.29 bits per heavy atom. The molecule has 0 fully saturated rings. The lowest BCUT2D eigenvalue weighted by atomic mass is 9.96. The zero-order chi connectivity index (χ0) is 16.0. The first-order chi connectivity index (χ1) is 9.73. The number of benzene rings is 1. The summed E-state index contributed by atoms with van der Waals surface area (Å²) in [6, 6.07) is 6.66. The van der Waals surface area contributed by atoms with Crippen LogP contribution in [0.1, 0.15) is 20.3 Å². The molecule has 1 aromatic carbocycles. The number of amides is 1. The van der Waals surface area contributed by atoms with Gasteiger partial charge in [-0.15, -0.1) is 0 Å². The molecule has 118 valence electrons. The van der Waals surface area contributed by atoms with E-state index in [1.165, 1.54) is 0 Å². The molecule has 0 aliphatic rings. The van der Waals surface area contributed by atoms with Crippen molar-refractivity contribution in [3.8, 4) is 0 Å². The highest BCUT2D eigenvalue weighted by Crippen LogP contribution is 2.23. The van der Waals surface area contributed by atoms with E-state index in [1.54, 1.807) is 24.3 Å². The fourth-order valence-electron chi connectivity index (χ4n) is 1.99. The lowest BCUT2D eigenvalue weighted by molar-refractivity contribution is -0.120. The fourth-order valence-corrected chi connectivity index (χ4v) is 2.57. The van der Waals surface area contributed by atoms with Gasteiger partial charge in [-0.05, 0) is 24.5 Å². The number of anilines is 2. The molecule has 0 bridgehead atoms. The first kappa shape index (κ1) is 17.5. The maximum atomic E-state index is 12.2. The van der Waals surface area contributed by atoms with Gasteiger partial charge in [0.05, 0.1) is 23.5 Å². The van der Waals surface area contributed by atoms with E-state index >= 15 is 0 Å². The van der Waals surface area contributed by atoms with E-state index in [1.807, 2.05) is 13.8 Å². The quantitative estimate of drug-likeness (QED) is 0.712. The highest BCUT2D eigenvalue weighted by Gasteiger charge is 2.19. The van der Waals surface area contributed by atoms with Gasteiger partial charge in [0.25, 0.3) is 0 Å². The van der Waals surface area contributed by atoms with Crippen molar-refractivity contribution in [2.75, 3.05) is 22.8 Å². The smallest absolute Gasteiger partial charge is 0.229 e. The molecule has 1 aromatic rings. The van der Waals surface area contributed by atoms with Gasteiger partial charge in [0.15, 0.2) is 0 Å². The van der Waals surface area contributed by atoms with Gasteiger partial charge in [0.1, 0.15) is 0 Å². The van der Waals surface area contributed by atoms with Gasteiger partial charge in [-0.3, -0.25) is 9.52 Å². The second-order valence-corrected chi connectivity index (χ2v) is 7.22. The number of hydrogen-bond donors (Lipinski definition) is 3. The van der Waals surface area contributed by atoms with Gasteiger partial charge in [-0.1, -0.05) is 26.0 Å². The van der Waals surface area contributed by atoms with Crippen molar-refractivity contribution in [1.82, 2.24) is 0 Å². The SMILES string of the molecule is CC(C)CC(CN)C(=O)Nc1ccccc1NS(C)(=O)=O. The maximum absolute atomic E-state index is 12.2. The van der Waals surface area contributed by atoms with Crippen LogP contribution in [-0.2, 0) is 14.8 Å². The summed E-state index contributed by atoms with van der Waals surface area (Å²) in [5.41, 5.74) is 6.41. The highest BCUT2D eigenvalue weighted by molar-refractivity contribution is 7.92. The summed E-state index contributed by atoms with van der Waals surface area (Å²) in [4.78, 5) is 12.2. The predicted octanol–water partition coefficient (Wildman–Crippen LogP) is 1.62. The molecule has 1 unspecified atom stereocenters. The Morgan fingerprint density at radius 2 is 1.81 bits per heavy atom. The minimum atomic E-state index is -3.41. The summed E-state index contributed by atoms with van der Waals surface area (Å²) in [6.45, 7) is 4.30. The van der Waals surface area contributed by atoms with E-state index in [9.17, 15) is 13.2 Å². The van der Waals surface area contributed by atoms with Crippen LogP contribution in [0.15, 0.2) is 24.3 Å². The number of nitrogens with two attached hydrogens (primary N) is 1. The standard InChI is InChI=1S/C14H23N3O3S/c1-10(2)8-11(9-15)14(18)16-12-6-4-5-7-13(12)17-21(3,19)20/h4-7,10-11,17H,8-9,15H2,1-3H3,(H,16,18). The number of hydrogen-bond acceptors (Lipinski definition) is 4. The van der Waals surface area contributed by atoms with Crippen molar-refractivity contribution in [3.63, 3.8) is 0 Å². The molecule has 0 saturated heterocycles. The topological polar surface area (TPSA) is 101 Å². The Hall–Kier alpha value is -1.60. The van der Waals surface area contributed by atoms with E-state index in [0.29, 0.717) is 23.7 Å². The first-order valence-electron chi connectivity index (χ1n) is 6.80. The fraction of sp³-hybridized carbons (Fsp3) is 0.500. The van der Waals surface area contributed by atoms with E-state index < -0.39 is 10.0 Å². The molecule has 21 heavy (non-hydrogen) atoms. The largest absolute Gasteiger partial charge is 0.330 e. The lowest BCUT2D eigenvalue weighted by Gasteiger charge is -2.18. The number of carbonyl (C=O) groups is 1. The molecular formula is C14H23N3O3S. The predicted molar refractivity (Wildman–Crippen MR) is 85.5 cm³/mol. The van der Waals surface area contributed by atoms with Gasteiger partial charge in [-0.25, -0.2) is 8.42 Å². The molecule has 4 N–H and O–H groups in total. The summed E-state index contributed by atoms with van der Waals surface area (Å²) < 4.78 is 25.0. The van der Waals surface area contributed by atoms with Gasteiger partial charge in [-0.2, -0.15) is 0 Å². The Kier molecular flexibility index (Phi) is 6.17. The van der Waals surface area contributed by atoms with Gasteiger partial charge in [0, 0.05) is 6.54 Å². The number of rotatable bonds is 7. The zero-order valence-electron chi connectivity index (χ0n) is 12.6. The molecule has 1 atom stereocenters. The molecule has 0 spiro atoms. The van der Waals surface area contributed by atoms with E-state index in [0.717, 1.165) is 6.26 Å². The monoisotopic (exact) mass is 313 g/mol. The Bertz CT molecular complexity index is 585. The van der Waals surface area contributed by atoms with Crippen LogP contribution in [0.2, 0.25) is 0 Å². The van der Waals surface area contributed by atoms with Crippen LogP contribution in [0.4, 0.5) is 11.4 Å². The molecule has 0 aliphatic carbocycles. The van der Waals surface area contributed by atoms with Crippen molar-refractivity contribution in [2.45, 2.75) is 20.3 Å². The van der Waals surface area contributed by atoms with Crippen molar-refractivity contribution in [2.24, 2.45) is 17.6 Å². The average Bonchev–Trinajstić information content (AvgIpc) is 2.36. The van der Waals surface area contributed by atoms with Crippen molar-refractivity contribution in [3.05, 3.63) is 24.3 Å². The number of sulfonamides is 1. The van der Waals surface area contributed by atoms with Crippen LogP contribution < -0.4 is 15.8 Å². The second-order valence-electron chi connectivity index (χ2n) is 5.47. The van der Waals surface area contributed by atoms with Gasteiger partial charge in [0.2, 0.25) is 15.9 Å². The van der Waals surface area contributed by atoms with Gasteiger partial charge < -0.3 is 11.1 Å². The van der Waals surface area contributed by atoms with Crippen molar-refractivity contribution < 1.29 is 13.2 Å². The third kappa shape index (κ3) is 6.14. The zero-order valence-corrected chi connectivity index (χ0v) is 13.4. The molecular weight excluding hydrogens is 290 g/mol. The molecule has 0 radical (unpaired) electrons. The molecule has 7 heteroatoms. The minimum absolute atomic E-state index is 0.200. The third-order valence-corrected chi connectivity index (χ3v) is 3.48. The summed E-state index contributed by atoms with van der Waals surface area (Å²) in [5, 5.41) is 2.74. The molecule has 1 amide bonds. The van der Waals surface area contributed by atoms with E-state index in [-0.39, 0.29) is 18.4 Å². The number of carbonyl (C=O) groups excluding carboxylic acids is 1. The summed E-state index contributed by atoms with van der Waals surface area (Å²) >= 11 is 0. The molecule has 6 nitrogen and oxygen atoms in total. The van der Waals surface area contributed by atoms with E-state index in [2.05, 4.69) is 10.0 Å². The van der Waals surface area contributed by atoms with Crippen LogP contribution in [0.5, 0.6) is 0 Å². The summed E-state index contributed by atoms with van der Waals surface area (Å²) in [5.74, 6) is -0.140. The van der Waals surface area contributed by atoms with Crippen LogP contribution in [0.3, 0.4) is 0 Å². The Morgan fingerprint density at radius 1 is 1.24 bits per heavy atom. The molecule has 0 aromatic heterocycles. The van der Waals surface area contributed by atoms with Crippen LogP contribution >= 0.6 is 0 Å². The molecule has 0 saturated carbocycles. The Balaban J connectivity index is 2.89. The highest BCUT2D eigenvalue weighted by atomic mass is 32.2. The first-order valence-corrected chi connectivity index (χ1v) is 8.69. The molecule has 1 rings (SSSR count). The lowest BCUT2D eigenvalue weighted by Crippen LogP contribution is -2.30. The molecule has 0 heterocycles. The van der Waals surface area contributed by atoms with Crippen LogP contribution in [0, 0.1) is 11.8 Å². The third-order valence-electron chi connectivity index (χ3n) is 2.89.